The molecule has 3 aromatic rings. The highest BCUT2D eigenvalue weighted by atomic mass is 19.1. The predicted octanol–water partition coefficient (Wildman–Crippen LogP) is 5.29. The summed E-state index contributed by atoms with van der Waals surface area (Å²) in [5, 5.41) is 0. The molecule has 5 nitrogen and oxygen atoms in total. The minimum atomic E-state index is -0.175. The summed E-state index contributed by atoms with van der Waals surface area (Å²) in [7, 11) is 3.31. The minimum absolute atomic E-state index is 0.175. The second-order valence-electron chi connectivity index (χ2n) is 8.45. The molecular formula is C28H32FNO4. The number of halogens is 1. The Morgan fingerprint density at radius 3 is 2.21 bits per heavy atom. The lowest BCUT2D eigenvalue weighted by Gasteiger charge is -2.23. The molecule has 0 fully saturated rings. The van der Waals surface area contributed by atoms with E-state index in [-0.39, 0.29) is 12.6 Å². The second-order valence-corrected chi connectivity index (χ2v) is 8.45. The molecule has 1 aliphatic rings. The third-order valence-electron chi connectivity index (χ3n) is 6.15. The maximum atomic E-state index is 13.5. The van der Waals surface area contributed by atoms with Crippen molar-refractivity contribution in [2.45, 2.75) is 25.7 Å². The van der Waals surface area contributed by atoms with Gasteiger partial charge < -0.3 is 23.8 Å². The standard InChI is InChI=1S/C28H32FNO4/c1-31-25-10-8-22(18-27(25)32-2)12-15-30(14-4-6-21-5-3-7-24(29)17-21)16-13-23-9-11-26-28(19-23)34-20-33-26/h3,5,7-11,17-19H,4,6,12-16,20H2,1-2H3. The van der Waals surface area contributed by atoms with Gasteiger partial charge in [-0.05, 0) is 85.3 Å². The van der Waals surface area contributed by atoms with Gasteiger partial charge in [0.2, 0.25) is 6.79 Å². The average molecular weight is 466 g/mol. The molecule has 6 heteroatoms. The van der Waals surface area contributed by atoms with E-state index in [0.717, 1.165) is 73.9 Å². The van der Waals surface area contributed by atoms with Crippen molar-refractivity contribution in [1.82, 2.24) is 4.90 Å². The van der Waals surface area contributed by atoms with E-state index in [0.29, 0.717) is 0 Å². The summed E-state index contributed by atoms with van der Waals surface area (Å²) in [5.41, 5.74) is 3.47. The quantitative estimate of drug-likeness (QED) is 0.363. The zero-order valence-electron chi connectivity index (χ0n) is 19.9. The molecule has 0 amide bonds. The van der Waals surface area contributed by atoms with Crippen molar-refractivity contribution in [2.24, 2.45) is 0 Å². The maximum absolute atomic E-state index is 13.5. The molecule has 0 aromatic heterocycles. The van der Waals surface area contributed by atoms with Gasteiger partial charge in [-0.1, -0.05) is 24.3 Å². The van der Waals surface area contributed by atoms with Crippen LogP contribution in [-0.2, 0) is 19.3 Å². The molecule has 0 saturated carbocycles. The first-order valence-corrected chi connectivity index (χ1v) is 11.7. The van der Waals surface area contributed by atoms with Crippen LogP contribution in [0.2, 0.25) is 0 Å². The van der Waals surface area contributed by atoms with Gasteiger partial charge in [-0.25, -0.2) is 4.39 Å². The summed E-state index contributed by atoms with van der Waals surface area (Å²) in [5.74, 6) is 2.94. The predicted molar refractivity (Wildman–Crippen MR) is 131 cm³/mol. The average Bonchev–Trinajstić information content (AvgIpc) is 3.33. The Bertz CT molecular complexity index is 1090. The van der Waals surface area contributed by atoms with Gasteiger partial charge in [0, 0.05) is 13.1 Å². The van der Waals surface area contributed by atoms with Crippen LogP contribution in [0, 0.1) is 5.82 Å². The number of hydrogen-bond acceptors (Lipinski definition) is 5. The van der Waals surface area contributed by atoms with E-state index >= 15 is 0 Å². The van der Waals surface area contributed by atoms with Gasteiger partial charge in [-0.3, -0.25) is 0 Å². The van der Waals surface area contributed by atoms with E-state index in [4.69, 9.17) is 18.9 Å². The molecule has 1 aliphatic heterocycles. The van der Waals surface area contributed by atoms with Crippen LogP contribution in [0.5, 0.6) is 23.0 Å². The Kier molecular flexibility index (Phi) is 8.26. The van der Waals surface area contributed by atoms with Crippen molar-refractivity contribution in [3.63, 3.8) is 0 Å². The van der Waals surface area contributed by atoms with Crippen molar-refractivity contribution >= 4 is 0 Å². The number of benzene rings is 3. The molecule has 0 aliphatic carbocycles. The molecule has 180 valence electrons. The topological polar surface area (TPSA) is 40.2 Å². The molecule has 3 aromatic carbocycles. The molecule has 0 bridgehead atoms. The van der Waals surface area contributed by atoms with Crippen LogP contribution < -0.4 is 18.9 Å². The maximum Gasteiger partial charge on any atom is 0.231 e. The van der Waals surface area contributed by atoms with Gasteiger partial charge in [0.1, 0.15) is 5.82 Å². The molecule has 0 spiro atoms. The van der Waals surface area contributed by atoms with Gasteiger partial charge >= 0.3 is 0 Å². The number of methoxy groups -OCH3 is 2. The Labute approximate surface area is 201 Å². The molecule has 0 radical (unpaired) electrons. The van der Waals surface area contributed by atoms with Gasteiger partial charge in [0.15, 0.2) is 23.0 Å². The van der Waals surface area contributed by atoms with Crippen molar-refractivity contribution < 1.29 is 23.3 Å². The lowest BCUT2D eigenvalue weighted by Crippen LogP contribution is -2.30. The normalized spacial score (nSPS) is 12.2. The summed E-state index contributed by atoms with van der Waals surface area (Å²) >= 11 is 0. The van der Waals surface area contributed by atoms with Crippen molar-refractivity contribution in [2.75, 3.05) is 40.6 Å². The molecular weight excluding hydrogens is 433 g/mol. The van der Waals surface area contributed by atoms with Gasteiger partial charge in [0.25, 0.3) is 0 Å². The summed E-state index contributed by atoms with van der Waals surface area (Å²) in [4.78, 5) is 2.47. The molecule has 0 saturated heterocycles. The van der Waals surface area contributed by atoms with E-state index < -0.39 is 0 Å². The minimum Gasteiger partial charge on any atom is -0.493 e. The largest absolute Gasteiger partial charge is 0.493 e. The monoisotopic (exact) mass is 465 g/mol. The number of aryl methyl sites for hydroxylation is 1. The zero-order valence-corrected chi connectivity index (χ0v) is 19.9. The first kappa shape index (κ1) is 23.9. The first-order valence-electron chi connectivity index (χ1n) is 11.7. The van der Waals surface area contributed by atoms with E-state index in [1.165, 1.54) is 17.2 Å². The van der Waals surface area contributed by atoms with E-state index in [9.17, 15) is 4.39 Å². The third-order valence-corrected chi connectivity index (χ3v) is 6.15. The summed E-state index contributed by atoms with van der Waals surface area (Å²) in [6, 6.07) is 19.1. The van der Waals surface area contributed by atoms with Crippen LogP contribution >= 0.6 is 0 Å². The number of fused-ring (bicyclic) bond motifs is 1. The van der Waals surface area contributed by atoms with E-state index in [1.54, 1.807) is 26.4 Å². The van der Waals surface area contributed by atoms with E-state index in [2.05, 4.69) is 23.1 Å². The van der Waals surface area contributed by atoms with Crippen LogP contribution in [0.4, 0.5) is 4.39 Å². The van der Waals surface area contributed by atoms with Crippen LogP contribution in [0.3, 0.4) is 0 Å². The molecule has 0 unspecified atom stereocenters. The Hall–Kier alpha value is -3.25. The highest BCUT2D eigenvalue weighted by molar-refractivity contribution is 5.44. The SMILES string of the molecule is COc1ccc(CCN(CCCc2cccc(F)c2)CCc2ccc3c(c2)OCO3)cc1OC. The summed E-state index contributed by atoms with van der Waals surface area (Å²) < 4.78 is 35.3. The highest BCUT2D eigenvalue weighted by Gasteiger charge is 2.14. The van der Waals surface area contributed by atoms with Crippen molar-refractivity contribution in [1.29, 1.82) is 0 Å². The Balaban J connectivity index is 1.37. The number of hydrogen-bond donors (Lipinski definition) is 0. The fraction of sp³-hybridized carbons (Fsp3) is 0.357. The Morgan fingerprint density at radius 2 is 1.44 bits per heavy atom. The van der Waals surface area contributed by atoms with Gasteiger partial charge in [-0.2, -0.15) is 0 Å². The van der Waals surface area contributed by atoms with Gasteiger partial charge in [0.05, 0.1) is 14.2 Å². The smallest absolute Gasteiger partial charge is 0.231 e. The van der Waals surface area contributed by atoms with Crippen molar-refractivity contribution in [3.8, 4) is 23.0 Å². The second kappa shape index (κ2) is 11.7. The summed E-state index contributed by atoms with van der Waals surface area (Å²) in [6.45, 7) is 3.07. The number of ether oxygens (including phenoxy) is 4. The van der Waals surface area contributed by atoms with Crippen molar-refractivity contribution in [3.05, 3.63) is 83.2 Å². The first-order chi connectivity index (χ1) is 16.6. The number of nitrogens with zero attached hydrogens (tertiary/aromatic N) is 1. The zero-order chi connectivity index (χ0) is 23.8. The van der Waals surface area contributed by atoms with Crippen LogP contribution in [-0.4, -0.2) is 45.5 Å². The molecule has 1 heterocycles. The Morgan fingerprint density at radius 1 is 0.735 bits per heavy atom. The van der Waals surface area contributed by atoms with Crippen LogP contribution in [0.15, 0.2) is 60.7 Å². The number of rotatable bonds is 12. The fourth-order valence-corrected chi connectivity index (χ4v) is 4.24. The van der Waals surface area contributed by atoms with Crippen LogP contribution in [0.1, 0.15) is 23.1 Å². The molecule has 4 rings (SSSR count). The van der Waals surface area contributed by atoms with E-state index in [1.807, 2.05) is 24.3 Å². The van der Waals surface area contributed by atoms with Gasteiger partial charge in [-0.15, -0.1) is 0 Å². The fourth-order valence-electron chi connectivity index (χ4n) is 4.24. The molecule has 0 N–H and O–H groups in total. The van der Waals surface area contributed by atoms with Crippen LogP contribution in [0.25, 0.3) is 0 Å². The lowest BCUT2D eigenvalue weighted by molar-refractivity contribution is 0.174. The molecule has 0 atom stereocenters. The molecule has 34 heavy (non-hydrogen) atoms. The third kappa shape index (κ3) is 6.41. The lowest BCUT2D eigenvalue weighted by atomic mass is 10.1. The summed E-state index contributed by atoms with van der Waals surface area (Å²) in [6.07, 6.45) is 3.65. The highest BCUT2D eigenvalue weighted by Crippen LogP contribution is 2.32.